The third-order valence-corrected chi connectivity index (χ3v) is 3.51. The molecule has 0 unspecified atom stereocenters. The molecular weight excluding hydrogens is 250 g/mol. The molecule has 0 aliphatic carbocycles. The van der Waals surface area contributed by atoms with E-state index in [4.69, 9.17) is 0 Å². The summed E-state index contributed by atoms with van der Waals surface area (Å²) in [6, 6.07) is 0. The van der Waals surface area contributed by atoms with Crippen molar-refractivity contribution in [2.45, 2.75) is 53.0 Å². The Morgan fingerprint density at radius 1 is 1.20 bits per heavy atom. The monoisotopic (exact) mass is 279 g/mol. The summed E-state index contributed by atoms with van der Waals surface area (Å²) in [6.07, 6.45) is 4.32. The van der Waals surface area contributed by atoms with E-state index in [1.807, 2.05) is 18.8 Å². The SMILES string of the molecule is CCCCNC(=NC)NCc1c(CC)nn(C)c1CC. The second-order valence-electron chi connectivity index (χ2n) is 4.91. The predicted octanol–water partition coefficient (Wildman–Crippen LogP) is 2.01. The van der Waals surface area contributed by atoms with Gasteiger partial charge in [-0.2, -0.15) is 5.10 Å². The van der Waals surface area contributed by atoms with Crippen molar-refractivity contribution in [3.05, 3.63) is 17.0 Å². The first-order chi connectivity index (χ1) is 9.67. The van der Waals surface area contributed by atoms with Gasteiger partial charge in [-0.15, -0.1) is 0 Å². The summed E-state index contributed by atoms with van der Waals surface area (Å²) in [6.45, 7) is 8.26. The van der Waals surface area contributed by atoms with E-state index in [1.54, 1.807) is 0 Å². The van der Waals surface area contributed by atoms with Crippen LogP contribution < -0.4 is 10.6 Å². The number of aromatic nitrogens is 2. The summed E-state index contributed by atoms with van der Waals surface area (Å²) >= 11 is 0. The van der Waals surface area contributed by atoms with Crippen molar-refractivity contribution >= 4 is 5.96 Å². The Labute approximate surface area is 122 Å². The van der Waals surface area contributed by atoms with Crippen LogP contribution in [0.15, 0.2) is 4.99 Å². The quantitative estimate of drug-likeness (QED) is 0.456. The molecule has 0 aromatic carbocycles. The van der Waals surface area contributed by atoms with Gasteiger partial charge in [-0.25, -0.2) is 0 Å². The molecule has 0 amide bonds. The highest BCUT2D eigenvalue weighted by molar-refractivity contribution is 5.79. The van der Waals surface area contributed by atoms with Gasteiger partial charge in [0.2, 0.25) is 0 Å². The summed E-state index contributed by atoms with van der Waals surface area (Å²) in [7, 11) is 3.84. The van der Waals surface area contributed by atoms with Crippen molar-refractivity contribution in [1.29, 1.82) is 0 Å². The Bertz CT molecular complexity index is 434. The van der Waals surface area contributed by atoms with Gasteiger partial charge in [0.05, 0.1) is 5.69 Å². The number of rotatable bonds is 7. The summed E-state index contributed by atoms with van der Waals surface area (Å²) in [5.74, 6) is 0.867. The van der Waals surface area contributed by atoms with Crippen molar-refractivity contribution in [2.24, 2.45) is 12.0 Å². The van der Waals surface area contributed by atoms with Crippen molar-refractivity contribution in [3.8, 4) is 0 Å². The highest BCUT2D eigenvalue weighted by atomic mass is 15.3. The standard InChI is InChI=1S/C15H29N5/c1-6-9-10-17-15(16-4)18-11-12-13(7-2)19-20(5)14(12)8-3/h6-11H2,1-5H3,(H2,16,17,18). The Morgan fingerprint density at radius 3 is 2.50 bits per heavy atom. The molecule has 5 nitrogen and oxygen atoms in total. The van der Waals surface area contributed by atoms with Gasteiger partial charge in [0, 0.05) is 38.4 Å². The molecule has 0 aliphatic rings. The van der Waals surface area contributed by atoms with E-state index < -0.39 is 0 Å². The van der Waals surface area contributed by atoms with Crippen molar-refractivity contribution in [1.82, 2.24) is 20.4 Å². The van der Waals surface area contributed by atoms with E-state index in [2.05, 4.69) is 41.5 Å². The lowest BCUT2D eigenvalue weighted by atomic mass is 10.1. The highest BCUT2D eigenvalue weighted by Crippen LogP contribution is 2.15. The maximum absolute atomic E-state index is 4.60. The molecule has 1 aromatic rings. The van der Waals surface area contributed by atoms with Crippen LogP contribution in [0.4, 0.5) is 0 Å². The van der Waals surface area contributed by atoms with Crippen LogP contribution in [-0.2, 0) is 26.4 Å². The molecule has 2 N–H and O–H groups in total. The fraction of sp³-hybridized carbons (Fsp3) is 0.733. The van der Waals surface area contributed by atoms with Gasteiger partial charge in [-0.3, -0.25) is 9.67 Å². The molecule has 1 heterocycles. The zero-order valence-corrected chi connectivity index (χ0v) is 13.6. The minimum atomic E-state index is 0.784. The Kier molecular flexibility index (Phi) is 7.12. The summed E-state index contributed by atoms with van der Waals surface area (Å²) in [5, 5.41) is 11.3. The lowest BCUT2D eigenvalue weighted by molar-refractivity contribution is 0.701. The lowest BCUT2D eigenvalue weighted by Crippen LogP contribution is -2.37. The molecular formula is C15H29N5. The van der Waals surface area contributed by atoms with Crippen molar-refractivity contribution in [2.75, 3.05) is 13.6 Å². The van der Waals surface area contributed by atoms with Gasteiger partial charge in [0.1, 0.15) is 0 Å². The minimum absolute atomic E-state index is 0.784. The smallest absolute Gasteiger partial charge is 0.191 e. The molecule has 1 aromatic heterocycles. The van der Waals surface area contributed by atoms with Crippen LogP contribution in [0.1, 0.15) is 50.6 Å². The van der Waals surface area contributed by atoms with E-state index in [-0.39, 0.29) is 0 Å². The molecule has 114 valence electrons. The maximum Gasteiger partial charge on any atom is 0.191 e. The molecule has 0 atom stereocenters. The number of hydrogen-bond acceptors (Lipinski definition) is 2. The maximum atomic E-state index is 4.60. The summed E-state index contributed by atoms with van der Waals surface area (Å²) in [5.41, 5.74) is 3.80. The van der Waals surface area contributed by atoms with E-state index in [9.17, 15) is 0 Å². The van der Waals surface area contributed by atoms with Crippen LogP contribution in [0, 0.1) is 0 Å². The normalized spacial score (nSPS) is 11.8. The number of nitrogens with one attached hydrogen (secondary N) is 2. The molecule has 0 bridgehead atoms. The van der Waals surface area contributed by atoms with Gasteiger partial charge < -0.3 is 10.6 Å². The molecule has 0 aliphatic heterocycles. The molecule has 0 spiro atoms. The van der Waals surface area contributed by atoms with Crippen LogP contribution >= 0.6 is 0 Å². The second-order valence-corrected chi connectivity index (χ2v) is 4.91. The van der Waals surface area contributed by atoms with Crippen molar-refractivity contribution < 1.29 is 0 Å². The van der Waals surface area contributed by atoms with E-state index >= 15 is 0 Å². The second kappa shape index (κ2) is 8.61. The topological polar surface area (TPSA) is 54.2 Å². The first-order valence-corrected chi connectivity index (χ1v) is 7.65. The van der Waals surface area contributed by atoms with Gasteiger partial charge in [0.15, 0.2) is 5.96 Å². The minimum Gasteiger partial charge on any atom is -0.356 e. The zero-order chi connectivity index (χ0) is 15.0. The molecule has 0 saturated carbocycles. The van der Waals surface area contributed by atoms with Gasteiger partial charge >= 0.3 is 0 Å². The number of guanidine groups is 1. The van der Waals surface area contributed by atoms with Crippen LogP contribution in [0.3, 0.4) is 0 Å². The third kappa shape index (κ3) is 4.25. The zero-order valence-electron chi connectivity index (χ0n) is 13.6. The molecule has 0 saturated heterocycles. The number of aryl methyl sites for hydroxylation is 2. The van der Waals surface area contributed by atoms with Gasteiger partial charge in [-0.05, 0) is 19.3 Å². The first-order valence-electron chi connectivity index (χ1n) is 7.65. The van der Waals surface area contributed by atoms with E-state index in [0.29, 0.717) is 0 Å². The molecule has 0 radical (unpaired) electrons. The molecule has 5 heteroatoms. The largest absolute Gasteiger partial charge is 0.356 e. The number of nitrogens with zero attached hydrogens (tertiary/aromatic N) is 3. The molecule has 20 heavy (non-hydrogen) atoms. The van der Waals surface area contributed by atoms with Gasteiger partial charge in [-0.1, -0.05) is 27.2 Å². The predicted molar refractivity (Wildman–Crippen MR) is 85.1 cm³/mol. The van der Waals surface area contributed by atoms with Gasteiger partial charge in [0.25, 0.3) is 0 Å². The lowest BCUT2D eigenvalue weighted by Gasteiger charge is -2.12. The van der Waals surface area contributed by atoms with Crippen LogP contribution in [0.2, 0.25) is 0 Å². The fourth-order valence-electron chi connectivity index (χ4n) is 2.37. The van der Waals surface area contributed by atoms with E-state index in [0.717, 1.165) is 38.3 Å². The number of aliphatic imine (C=N–C) groups is 1. The van der Waals surface area contributed by atoms with Crippen LogP contribution in [0.25, 0.3) is 0 Å². The Balaban J connectivity index is 2.68. The molecule has 1 rings (SSSR count). The Hall–Kier alpha value is -1.52. The average Bonchev–Trinajstić information content (AvgIpc) is 2.77. The van der Waals surface area contributed by atoms with Crippen LogP contribution in [0.5, 0.6) is 0 Å². The van der Waals surface area contributed by atoms with Crippen molar-refractivity contribution in [3.63, 3.8) is 0 Å². The summed E-state index contributed by atoms with van der Waals surface area (Å²) < 4.78 is 2.00. The third-order valence-electron chi connectivity index (χ3n) is 3.51. The molecule has 0 fully saturated rings. The average molecular weight is 279 g/mol. The van der Waals surface area contributed by atoms with Crippen LogP contribution in [-0.4, -0.2) is 29.3 Å². The summed E-state index contributed by atoms with van der Waals surface area (Å²) in [4.78, 5) is 4.26. The number of unbranched alkanes of at least 4 members (excludes halogenated alkanes) is 1. The van der Waals surface area contributed by atoms with E-state index in [1.165, 1.54) is 23.4 Å². The Morgan fingerprint density at radius 2 is 1.95 bits per heavy atom. The number of hydrogen-bond donors (Lipinski definition) is 2. The first kappa shape index (κ1) is 16.5. The fourth-order valence-corrected chi connectivity index (χ4v) is 2.37. The highest BCUT2D eigenvalue weighted by Gasteiger charge is 2.13.